The number of primary amides is 1. The second-order valence-corrected chi connectivity index (χ2v) is 20.6. The van der Waals surface area contributed by atoms with E-state index in [9.17, 15) is 47.9 Å². The Morgan fingerprint density at radius 1 is 0.382 bits per heavy atom. The third kappa shape index (κ3) is 23.3. The van der Waals surface area contributed by atoms with Crippen molar-refractivity contribution >= 4 is 81.9 Å². The van der Waals surface area contributed by atoms with Gasteiger partial charge in [-0.3, -0.25) is 47.9 Å². The van der Waals surface area contributed by atoms with Crippen LogP contribution in [0.4, 0.5) is 22.7 Å². The zero-order valence-electron chi connectivity index (χ0n) is 50.7. The molecule has 1 unspecified atom stereocenters. The molecule has 0 saturated carbocycles. The monoisotopic (exact) mass is 1240 g/mol. The van der Waals surface area contributed by atoms with Crippen molar-refractivity contribution in [1.82, 2.24) is 21.3 Å². The van der Waals surface area contributed by atoms with Crippen LogP contribution < -0.4 is 90.2 Å². The van der Waals surface area contributed by atoms with Crippen LogP contribution in [0.3, 0.4) is 0 Å². The van der Waals surface area contributed by atoms with Crippen molar-refractivity contribution in [3.05, 3.63) is 95.1 Å². The number of benzene rings is 4. The van der Waals surface area contributed by atoms with Gasteiger partial charge in [0.15, 0.2) is 0 Å². The number of carbonyl (C=O) groups excluding carboxylic acids is 9. The summed E-state index contributed by atoms with van der Waals surface area (Å²) in [6.45, 7) is 1.27. The number of nitrogens with two attached hydrogens (primary N) is 5. The topological polar surface area (TPSA) is 454 Å². The maximum atomic E-state index is 14.3. The average molecular weight is 1240 g/mol. The molecule has 28 nitrogen and oxygen atoms in total. The van der Waals surface area contributed by atoms with Gasteiger partial charge in [0.05, 0.1) is 50.7 Å². The van der Waals surface area contributed by atoms with E-state index in [2.05, 4.69) is 42.5 Å². The Balaban J connectivity index is 1.55. The highest BCUT2D eigenvalue weighted by molar-refractivity contribution is 6.08. The van der Waals surface area contributed by atoms with Crippen molar-refractivity contribution in [2.45, 2.75) is 120 Å². The van der Waals surface area contributed by atoms with Crippen LogP contribution in [-0.2, 0) is 28.8 Å². The summed E-state index contributed by atoms with van der Waals surface area (Å²) in [5.74, 6) is -6.71. The molecule has 89 heavy (non-hydrogen) atoms. The van der Waals surface area contributed by atoms with Gasteiger partial charge in [-0.05, 0) is 182 Å². The molecule has 0 saturated heterocycles. The van der Waals surface area contributed by atoms with E-state index in [0.29, 0.717) is 77.5 Å². The number of carbonyl (C=O) groups is 10. The molecule has 19 N–H and O–H groups in total. The molecule has 0 aliphatic carbocycles. The SMILES string of the molecule is COc1ccc(NC(=O)[C@H](CCCCN)NC(=O)c2cc(NC(=O)[C@H](CCCCN)NC(=O)c3cc(NC(=O)[C@H](CCCCN)NC(=O)c4cc(NC(=O)C(CCCCN)NC(=O)CCCC(=O)O)ccc4OC)ccc3OC)ccc2OC)cc1C(N)=O. The van der Waals surface area contributed by atoms with E-state index >= 15 is 0 Å². The smallest absolute Gasteiger partial charge is 0.303 e. The van der Waals surface area contributed by atoms with Crippen LogP contribution in [0.1, 0.15) is 138 Å². The summed E-state index contributed by atoms with van der Waals surface area (Å²) >= 11 is 0. The van der Waals surface area contributed by atoms with Gasteiger partial charge in [0.1, 0.15) is 47.2 Å². The summed E-state index contributed by atoms with van der Waals surface area (Å²) < 4.78 is 21.7. The number of carboxylic acids is 1. The van der Waals surface area contributed by atoms with E-state index in [1.165, 1.54) is 101 Å². The van der Waals surface area contributed by atoms with Crippen molar-refractivity contribution in [3.63, 3.8) is 0 Å². The van der Waals surface area contributed by atoms with Crippen molar-refractivity contribution < 1.29 is 72.0 Å². The summed E-state index contributed by atoms with van der Waals surface area (Å²) in [5.41, 5.74) is 29.0. The van der Waals surface area contributed by atoms with Gasteiger partial charge in [0.25, 0.3) is 23.6 Å². The molecule has 0 fully saturated rings. The number of ether oxygens (including phenoxy) is 4. The normalized spacial score (nSPS) is 12.1. The summed E-state index contributed by atoms with van der Waals surface area (Å²) in [4.78, 5) is 134. The first kappa shape index (κ1) is 72.1. The lowest BCUT2D eigenvalue weighted by Crippen LogP contribution is -2.44. The van der Waals surface area contributed by atoms with Crippen molar-refractivity contribution in [1.29, 1.82) is 0 Å². The number of methoxy groups -OCH3 is 4. The molecule has 4 rings (SSSR count). The van der Waals surface area contributed by atoms with Crippen LogP contribution in [0.25, 0.3) is 0 Å². The quantitative estimate of drug-likeness (QED) is 0.0284. The number of hydrogen-bond donors (Lipinski definition) is 14. The second kappa shape index (κ2) is 38.0. The van der Waals surface area contributed by atoms with E-state index in [0.717, 1.165) is 0 Å². The third-order valence-electron chi connectivity index (χ3n) is 14.0. The Kier molecular flexibility index (Phi) is 30.8. The first-order chi connectivity index (χ1) is 42.7. The van der Waals surface area contributed by atoms with Gasteiger partial charge < -0.3 is 95.3 Å². The van der Waals surface area contributed by atoms with E-state index in [-0.39, 0.29) is 113 Å². The highest BCUT2D eigenvalue weighted by Gasteiger charge is 2.29. The predicted octanol–water partition coefficient (Wildman–Crippen LogP) is 3.23. The molecule has 0 aliphatic rings. The van der Waals surface area contributed by atoms with Gasteiger partial charge in [0.2, 0.25) is 29.5 Å². The van der Waals surface area contributed by atoms with Crippen LogP contribution in [0.15, 0.2) is 72.8 Å². The summed E-state index contributed by atoms with van der Waals surface area (Å²) in [5, 5.41) is 30.9. The van der Waals surface area contributed by atoms with E-state index in [1.54, 1.807) is 0 Å². The van der Waals surface area contributed by atoms with Gasteiger partial charge in [-0.1, -0.05) is 0 Å². The standard InChI is InChI=1S/C61H85N13O15/c1-86-48-24-20-36(32-40(48)54(66)78)67-59(83)45(15-6-10-29-63)72-56(80)42-34-38(22-26-50(42)88-3)69-61(85)47(17-8-12-31-65)74-57(81)43-35-39(23-27-51(43)89-4)70-60(84)46(16-7-11-30-64)73-55(79)41-33-37(21-25-49(41)87-2)68-58(82)44(14-5-9-28-62)71-52(75)18-13-19-53(76)77/h20-27,32-35,44-47H,5-19,28-31,62-65H2,1-4H3,(H2,66,78)(H,67,83)(H,68,82)(H,69,85)(H,70,84)(H,71,75)(H,72,80)(H,73,79)(H,74,81)(H,76,77)/t44?,45-,46-,47-/m0/s1. The van der Waals surface area contributed by atoms with Gasteiger partial charge >= 0.3 is 5.97 Å². The Labute approximate surface area is 516 Å². The van der Waals surface area contributed by atoms with Crippen LogP contribution in [0, 0.1) is 0 Å². The number of hydrogen-bond acceptors (Lipinski definition) is 18. The second-order valence-electron chi connectivity index (χ2n) is 20.6. The molecule has 0 aliphatic heterocycles. The number of nitrogens with one attached hydrogen (secondary N) is 8. The van der Waals surface area contributed by atoms with E-state index < -0.39 is 83.3 Å². The number of aliphatic carboxylic acids is 1. The molecule has 484 valence electrons. The molecular weight excluding hydrogens is 1150 g/mol. The van der Waals surface area contributed by atoms with Crippen molar-refractivity contribution in [2.75, 3.05) is 75.9 Å². The Morgan fingerprint density at radius 2 is 0.652 bits per heavy atom. The fourth-order valence-electron chi connectivity index (χ4n) is 9.21. The fourth-order valence-corrected chi connectivity index (χ4v) is 9.21. The summed E-state index contributed by atoms with van der Waals surface area (Å²) in [6, 6.07) is 12.6. The maximum absolute atomic E-state index is 14.3. The van der Waals surface area contributed by atoms with Crippen LogP contribution in [-0.4, -0.2) is 143 Å². The Morgan fingerprint density at radius 3 is 0.910 bits per heavy atom. The lowest BCUT2D eigenvalue weighted by molar-refractivity contribution is -0.137. The number of amides is 9. The van der Waals surface area contributed by atoms with Crippen LogP contribution >= 0.6 is 0 Å². The molecule has 9 amide bonds. The molecule has 28 heteroatoms. The Hall–Kier alpha value is -9.38. The van der Waals surface area contributed by atoms with Crippen molar-refractivity contribution in [3.8, 4) is 23.0 Å². The maximum Gasteiger partial charge on any atom is 0.303 e. The van der Waals surface area contributed by atoms with Crippen molar-refractivity contribution in [2.24, 2.45) is 28.7 Å². The molecular formula is C61H85N13O15. The van der Waals surface area contributed by atoms with E-state index in [1.807, 2.05) is 0 Å². The fraction of sp³-hybridized carbons (Fsp3) is 0.443. The van der Waals surface area contributed by atoms with E-state index in [4.69, 9.17) is 52.7 Å². The average Bonchev–Trinajstić information content (AvgIpc) is 3.19. The number of carboxylic acid groups (broad SMARTS) is 1. The highest BCUT2D eigenvalue weighted by Crippen LogP contribution is 2.28. The zero-order valence-corrected chi connectivity index (χ0v) is 50.7. The van der Waals surface area contributed by atoms with Gasteiger partial charge in [-0.15, -0.1) is 0 Å². The Bertz CT molecular complexity index is 3090. The molecule has 0 bridgehead atoms. The molecule has 4 aromatic rings. The lowest BCUT2D eigenvalue weighted by Gasteiger charge is -2.22. The minimum atomic E-state index is -1.20. The summed E-state index contributed by atoms with van der Waals surface area (Å²) in [6.07, 6.45) is 4.26. The lowest BCUT2D eigenvalue weighted by atomic mass is 10.1. The number of unbranched alkanes of at least 4 members (excludes halogenated alkanes) is 4. The predicted molar refractivity (Wildman–Crippen MR) is 334 cm³/mol. The molecule has 4 aromatic carbocycles. The highest BCUT2D eigenvalue weighted by atomic mass is 16.5. The molecule has 4 atom stereocenters. The minimum absolute atomic E-state index is 0.0245. The van der Waals surface area contributed by atoms with Gasteiger partial charge in [-0.25, -0.2) is 0 Å². The van der Waals surface area contributed by atoms with Crippen LogP contribution in [0.2, 0.25) is 0 Å². The first-order valence-electron chi connectivity index (χ1n) is 29.2. The first-order valence-corrected chi connectivity index (χ1v) is 29.2. The molecule has 0 radical (unpaired) electrons. The molecule has 0 heterocycles. The molecule has 0 spiro atoms. The molecule has 0 aromatic heterocycles. The van der Waals surface area contributed by atoms with Crippen LogP contribution in [0.5, 0.6) is 23.0 Å². The number of anilines is 4. The largest absolute Gasteiger partial charge is 0.496 e. The minimum Gasteiger partial charge on any atom is -0.496 e. The zero-order chi connectivity index (χ0) is 65.4. The number of rotatable bonds is 40. The summed E-state index contributed by atoms with van der Waals surface area (Å²) in [7, 11) is 5.36. The third-order valence-corrected chi connectivity index (χ3v) is 14.0. The van der Waals surface area contributed by atoms with Gasteiger partial charge in [-0.2, -0.15) is 0 Å². The van der Waals surface area contributed by atoms with Gasteiger partial charge in [0, 0.05) is 35.6 Å².